The molecule has 0 fully saturated rings. The van der Waals surface area contributed by atoms with E-state index in [0.29, 0.717) is 18.1 Å². The van der Waals surface area contributed by atoms with Crippen molar-refractivity contribution in [2.45, 2.75) is 45.7 Å². The first kappa shape index (κ1) is 16.6. The van der Waals surface area contributed by atoms with E-state index in [1.807, 2.05) is 31.2 Å². The molecule has 3 aromatic rings. The van der Waals surface area contributed by atoms with Crippen molar-refractivity contribution in [3.8, 4) is 0 Å². The quantitative estimate of drug-likeness (QED) is 0.699. The molecule has 1 aromatic carbocycles. The van der Waals surface area contributed by atoms with Crippen LogP contribution in [0, 0.1) is 0 Å². The molecular weight excluding hydrogens is 356 g/mol. The molecule has 0 atom stereocenters. The van der Waals surface area contributed by atoms with Crippen LogP contribution in [0.15, 0.2) is 33.9 Å². The molecule has 0 radical (unpaired) electrons. The van der Waals surface area contributed by atoms with Crippen LogP contribution >= 0.6 is 22.9 Å². The third-order valence-corrected chi connectivity index (χ3v) is 6.60. The normalized spacial score (nSPS) is 14.0. The number of fused-ring (bicyclic) bond motifs is 3. The lowest BCUT2D eigenvalue weighted by atomic mass is 9.97. The fourth-order valence-corrected chi connectivity index (χ4v) is 5.20. The summed E-state index contributed by atoms with van der Waals surface area (Å²) < 4.78 is 3.07. The maximum absolute atomic E-state index is 13.0. The van der Waals surface area contributed by atoms with Crippen molar-refractivity contribution in [3.05, 3.63) is 66.1 Å². The Morgan fingerprint density at radius 1 is 1.12 bits per heavy atom. The molecule has 25 heavy (non-hydrogen) atoms. The van der Waals surface area contributed by atoms with Crippen molar-refractivity contribution >= 4 is 33.2 Å². The molecule has 0 aliphatic heterocycles. The van der Waals surface area contributed by atoms with Gasteiger partial charge in [0, 0.05) is 16.4 Å². The number of hydrogen-bond acceptors (Lipinski definition) is 3. The van der Waals surface area contributed by atoms with E-state index < -0.39 is 0 Å². The first-order chi connectivity index (χ1) is 12.1. The van der Waals surface area contributed by atoms with Gasteiger partial charge in [-0.05, 0) is 49.8 Å². The highest BCUT2D eigenvalue weighted by molar-refractivity contribution is 7.18. The Balaban J connectivity index is 2.03. The van der Waals surface area contributed by atoms with Crippen molar-refractivity contribution in [2.24, 2.45) is 0 Å². The van der Waals surface area contributed by atoms with Gasteiger partial charge < -0.3 is 0 Å². The lowest BCUT2D eigenvalue weighted by Gasteiger charge is -2.13. The second kappa shape index (κ2) is 6.46. The number of aryl methyl sites for hydroxylation is 2. The summed E-state index contributed by atoms with van der Waals surface area (Å²) in [7, 11) is 0. The smallest absolute Gasteiger partial charge is 0.280 e. The first-order valence-electron chi connectivity index (χ1n) is 8.63. The predicted molar refractivity (Wildman–Crippen MR) is 103 cm³/mol. The molecule has 1 aliphatic rings. The van der Waals surface area contributed by atoms with Gasteiger partial charge in [-0.2, -0.15) is 0 Å². The third kappa shape index (κ3) is 2.66. The van der Waals surface area contributed by atoms with Gasteiger partial charge in [-0.25, -0.2) is 4.79 Å². The summed E-state index contributed by atoms with van der Waals surface area (Å²) >= 11 is 7.91. The minimum Gasteiger partial charge on any atom is -0.280 e. The van der Waals surface area contributed by atoms with Gasteiger partial charge in [0.05, 0.1) is 11.9 Å². The van der Waals surface area contributed by atoms with Gasteiger partial charge in [0.1, 0.15) is 4.83 Å². The van der Waals surface area contributed by atoms with Gasteiger partial charge in [0.2, 0.25) is 0 Å². The average molecular weight is 375 g/mol. The standard InChI is InChI=1S/C19H19ClN2O2S/c1-2-21-17(23)16-13-8-4-6-10-15(13)25-18(16)22(19(21)24)11-12-7-3-5-9-14(12)20/h3,5,7,9H,2,4,6,8,10-11H2,1H3. The van der Waals surface area contributed by atoms with E-state index in [9.17, 15) is 9.59 Å². The second-order valence-corrected chi connectivity index (χ2v) is 7.89. The van der Waals surface area contributed by atoms with Crippen LogP contribution in [-0.4, -0.2) is 9.13 Å². The molecule has 0 unspecified atom stereocenters. The van der Waals surface area contributed by atoms with Gasteiger partial charge in [-0.15, -0.1) is 11.3 Å². The SMILES string of the molecule is CCn1c(=O)c2c3c(sc2n(Cc2ccccc2Cl)c1=O)CCCC3. The molecule has 0 spiro atoms. The van der Waals surface area contributed by atoms with E-state index >= 15 is 0 Å². The minimum atomic E-state index is -0.251. The van der Waals surface area contributed by atoms with Gasteiger partial charge in [0.25, 0.3) is 5.56 Å². The first-order valence-corrected chi connectivity index (χ1v) is 9.82. The molecule has 1 aliphatic carbocycles. The molecule has 6 heteroatoms. The summed E-state index contributed by atoms with van der Waals surface area (Å²) in [4.78, 5) is 27.9. The maximum atomic E-state index is 13.0. The lowest BCUT2D eigenvalue weighted by molar-refractivity contribution is 0.620. The van der Waals surface area contributed by atoms with Gasteiger partial charge in [0.15, 0.2) is 0 Å². The summed E-state index contributed by atoms with van der Waals surface area (Å²) in [6.45, 7) is 2.60. The largest absolute Gasteiger partial charge is 0.332 e. The highest BCUT2D eigenvalue weighted by Crippen LogP contribution is 2.34. The van der Waals surface area contributed by atoms with Crippen LogP contribution in [0.1, 0.15) is 35.8 Å². The Bertz CT molecular complexity index is 1080. The molecule has 4 nitrogen and oxygen atoms in total. The highest BCUT2D eigenvalue weighted by Gasteiger charge is 2.23. The van der Waals surface area contributed by atoms with Crippen molar-refractivity contribution < 1.29 is 0 Å². The van der Waals surface area contributed by atoms with Crippen LogP contribution in [0.3, 0.4) is 0 Å². The van der Waals surface area contributed by atoms with Crippen LogP contribution < -0.4 is 11.2 Å². The molecule has 0 amide bonds. The topological polar surface area (TPSA) is 44.0 Å². The number of aromatic nitrogens is 2. The fourth-order valence-electron chi connectivity index (χ4n) is 3.63. The number of benzene rings is 1. The van der Waals surface area contributed by atoms with Gasteiger partial charge >= 0.3 is 5.69 Å². The molecular formula is C19H19ClN2O2S. The Kier molecular flexibility index (Phi) is 4.29. The lowest BCUT2D eigenvalue weighted by Crippen LogP contribution is -2.39. The van der Waals surface area contributed by atoms with Crippen LogP contribution in [-0.2, 0) is 25.9 Å². The molecule has 0 saturated carbocycles. The third-order valence-electron chi connectivity index (χ3n) is 4.92. The van der Waals surface area contributed by atoms with Crippen LogP contribution in [0.5, 0.6) is 0 Å². The van der Waals surface area contributed by atoms with Gasteiger partial charge in [-0.3, -0.25) is 13.9 Å². The summed E-state index contributed by atoms with van der Waals surface area (Å²) in [6.07, 6.45) is 4.18. The van der Waals surface area contributed by atoms with Crippen molar-refractivity contribution in [1.29, 1.82) is 0 Å². The molecule has 2 heterocycles. The van der Waals surface area contributed by atoms with Crippen LogP contribution in [0.25, 0.3) is 10.2 Å². The second-order valence-electron chi connectivity index (χ2n) is 6.40. The van der Waals surface area contributed by atoms with E-state index in [4.69, 9.17) is 11.6 Å². The molecule has 0 saturated heterocycles. The minimum absolute atomic E-state index is 0.141. The number of nitrogens with zero attached hydrogens (tertiary/aromatic N) is 2. The zero-order chi connectivity index (χ0) is 17.6. The van der Waals surface area contributed by atoms with Crippen molar-refractivity contribution in [3.63, 3.8) is 0 Å². The Morgan fingerprint density at radius 3 is 2.64 bits per heavy atom. The number of rotatable bonds is 3. The van der Waals surface area contributed by atoms with Crippen LogP contribution in [0.2, 0.25) is 5.02 Å². The molecule has 2 aromatic heterocycles. The van der Waals surface area contributed by atoms with E-state index in [0.717, 1.165) is 47.0 Å². The van der Waals surface area contributed by atoms with E-state index in [1.165, 1.54) is 9.44 Å². The predicted octanol–water partition coefficient (Wildman–Crippen LogP) is 3.83. The number of hydrogen-bond donors (Lipinski definition) is 0. The molecule has 0 N–H and O–H groups in total. The Hall–Kier alpha value is -1.85. The van der Waals surface area contributed by atoms with E-state index in [1.54, 1.807) is 15.9 Å². The summed E-state index contributed by atoms with van der Waals surface area (Å²) in [5.41, 5.74) is 1.66. The van der Waals surface area contributed by atoms with Crippen LogP contribution in [0.4, 0.5) is 0 Å². The van der Waals surface area contributed by atoms with Crippen molar-refractivity contribution in [2.75, 3.05) is 0 Å². The van der Waals surface area contributed by atoms with Crippen molar-refractivity contribution in [1.82, 2.24) is 9.13 Å². The average Bonchev–Trinajstić information content (AvgIpc) is 3.00. The number of halogens is 1. The van der Waals surface area contributed by atoms with Gasteiger partial charge in [-0.1, -0.05) is 29.8 Å². The monoisotopic (exact) mass is 374 g/mol. The number of thiophene rings is 1. The molecule has 4 rings (SSSR count). The van der Waals surface area contributed by atoms with E-state index in [-0.39, 0.29) is 11.2 Å². The summed E-state index contributed by atoms with van der Waals surface area (Å²) in [5.74, 6) is 0. The summed E-state index contributed by atoms with van der Waals surface area (Å²) in [5, 5.41) is 1.38. The Morgan fingerprint density at radius 2 is 1.88 bits per heavy atom. The zero-order valence-corrected chi connectivity index (χ0v) is 15.6. The fraction of sp³-hybridized carbons (Fsp3) is 0.368. The highest BCUT2D eigenvalue weighted by atomic mass is 35.5. The molecule has 130 valence electrons. The Labute approximate surface area is 154 Å². The van der Waals surface area contributed by atoms with E-state index in [2.05, 4.69) is 0 Å². The molecule has 0 bridgehead atoms. The zero-order valence-electron chi connectivity index (χ0n) is 14.0. The maximum Gasteiger partial charge on any atom is 0.332 e. The summed E-state index contributed by atoms with van der Waals surface area (Å²) in [6, 6.07) is 7.55.